The Kier molecular flexibility index (Phi) is 5.21. The number of carbonyl (C=O) groups excluding carboxylic acids is 1. The number of fused-ring (bicyclic) bond motifs is 2. The Balaban J connectivity index is 1.20. The molecule has 0 aliphatic heterocycles. The Hall–Kier alpha value is -4.26. The first-order chi connectivity index (χ1) is 15.7. The van der Waals surface area contributed by atoms with Gasteiger partial charge in [-0.3, -0.25) is 9.59 Å². The van der Waals surface area contributed by atoms with Crippen LogP contribution in [-0.4, -0.2) is 25.2 Å². The van der Waals surface area contributed by atoms with Crippen molar-refractivity contribution in [2.75, 3.05) is 0 Å². The van der Waals surface area contributed by atoms with Crippen LogP contribution in [0, 0.1) is 0 Å². The third-order valence-electron chi connectivity index (χ3n) is 5.45. The van der Waals surface area contributed by atoms with Crippen molar-refractivity contribution in [2.24, 2.45) is 0 Å². The van der Waals surface area contributed by atoms with Gasteiger partial charge in [0.1, 0.15) is 6.54 Å². The summed E-state index contributed by atoms with van der Waals surface area (Å²) >= 11 is 0. The van der Waals surface area contributed by atoms with E-state index in [4.69, 9.17) is 0 Å². The van der Waals surface area contributed by atoms with Crippen LogP contribution in [0.1, 0.15) is 11.1 Å². The maximum Gasteiger partial charge on any atom is 0.275 e. The van der Waals surface area contributed by atoms with Crippen LogP contribution in [0.4, 0.5) is 0 Å². The number of carbonyl (C=O) groups is 1. The van der Waals surface area contributed by atoms with Crippen LogP contribution in [0.15, 0.2) is 90.1 Å². The normalized spacial score (nSPS) is 11.1. The van der Waals surface area contributed by atoms with Gasteiger partial charge in [-0.15, -0.1) is 0 Å². The van der Waals surface area contributed by atoms with E-state index in [0.717, 1.165) is 34.1 Å². The molecular formula is C25H21N5O2. The van der Waals surface area contributed by atoms with Gasteiger partial charge in [0.15, 0.2) is 0 Å². The van der Waals surface area contributed by atoms with Crippen LogP contribution in [-0.2, 0) is 24.4 Å². The molecule has 0 saturated heterocycles. The molecule has 2 heterocycles. The van der Waals surface area contributed by atoms with E-state index in [1.807, 2.05) is 60.9 Å². The van der Waals surface area contributed by atoms with E-state index < -0.39 is 0 Å². The van der Waals surface area contributed by atoms with Gasteiger partial charge in [-0.1, -0.05) is 54.6 Å². The van der Waals surface area contributed by atoms with Crippen molar-refractivity contribution in [1.29, 1.82) is 0 Å². The zero-order valence-electron chi connectivity index (χ0n) is 17.3. The van der Waals surface area contributed by atoms with E-state index in [0.29, 0.717) is 11.9 Å². The maximum absolute atomic E-state index is 12.5. The molecule has 3 aromatic carbocycles. The Labute approximate surface area is 183 Å². The molecule has 5 aromatic rings. The minimum atomic E-state index is -0.269. The molecule has 2 aromatic heterocycles. The van der Waals surface area contributed by atoms with E-state index in [2.05, 4.69) is 26.0 Å². The number of nitrogens with one attached hydrogen (secondary N) is 1. The van der Waals surface area contributed by atoms with Crippen LogP contribution in [0.5, 0.6) is 0 Å². The lowest BCUT2D eigenvalue weighted by Gasteiger charge is -2.09. The van der Waals surface area contributed by atoms with Gasteiger partial charge >= 0.3 is 0 Å². The van der Waals surface area contributed by atoms with Crippen LogP contribution in [0.25, 0.3) is 21.8 Å². The number of hydrogen-bond acceptors (Lipinski definition) is 4. The van der Waals surface area contributed by atoms with Crippen LogP contribution < -0.4 is 10.9 Å². The SMILES string of the molecule is O=C(Cn1ncc2ccccc2c1=O)NCc1ccc(Cn2cnc3ccccc32)cc1. The number of hydrogen-bond donors (Lipinski definition) is 1. The minimum absolute atomic E-state index is 0.116. The quantitative estimate of drug-likeness (QED) is 0.455. The Morgan fingerprint density at radius 1 is 0.906 bits per heavy atom. The molecule has 0 bridgehead atoms. The average molecular weight is 423 g/mol. The molecule has 1 N–H and O–H groups in total. The third kappa shape index (κ3) is 4.00. The summed E-state index contributed by atoms with van der Waals surface area (Å²) in [5.74, 6) is -0.260. The Bertz CT molecular complexity index is 1470. The van der Waals surface area contributed by atoms with Crippen molar-refractivity contribution < 1.29 is 4.79 Å². The second-order valence-corrected chi connectivity index (χ2v) is 7.65. The van der Waals surface area contributed by atoms with Gasteiger partial charge in [0, 0.05) is 18.5 Å². The Morgan fingerprint density at radius 2 is 1.66 bits per heavy atom. The fourth-order valence-corrected chi connectivity index (χ4v) is 3.73. The van der Waals surface area contributed by atoms with Crippen LogP contribution in [0.2, 0.25) is 0 Å². The standard InChI is InChI=1S/C25H21N5O2/c31-24(16-30-25(32)21-6-2-1-5-20(21)14-28-30)26-13-18-9-11-19(12-10-18)15-29-17-27-22-7-3-4-8-23(22)29/h1-12,14,17H,13,15-16H2,(H,26,31). The zero-order chi connectivity index (χ0) is 21.9. The largest absolute Gasteiger partial charge is 0.350 e. The van der Waals surface area contributed by atoms with Crippen molar-refractivity contribution in [3.8, 4) is 0 Å². The Morgan fingerprint density at radius 3 is 2.53 bits per heavy atom. The summed E-state index contributed by atoms with van der Waals surface area (Å²) in [4.78, 5) is 29.3. The van der Waals surface area contributed by atoms with Crippen molar-refractivity contribution in [3.05, 3.63) is 107 Å². The van der Waals surface area contributed by atoms with Crippen molar-refractivity contribution in [1.82, 2.24) is 24.6 Å². The minimum Gasteiger partial charge on any atom is -0.350 e. The topological polar surface area (TPSA) is 81.8 Å². The number of para-hydroxylation sites is 2. The summed E-state index contributed by atoms with van der Waals surface area (Å²) in [6.45, 7) is 0.995. The first-order valence-corrected chi connectivity index (χ1v) is 10.4. The summed E-state index contributed by atoms with van der Waals surface area (Å²) in [7, 11) is 0. The number of rotatable bonds is 6. The smallest absolute Gasteiger partial charge is 0.275 e. The number of aromatic nitrogens is 4. The number of benzene rings is 3. The van der Waals surface area contributed by atoms with Gasteiger partial charge < -0.3 is 9.88 Å². The third-order valence-corrected chi connectivity index (χ3v) is 5.45. The number of amides is 1. The first kappa shape index (κ1) is 19.7. The summed E-state index contributed by atoms with van der Waals surface area (Å²) < 4.78 is 3.30. The molecule has 0 unspecified atom stereocenters. The molecule has 32 heavy (non-hydrogen) atoms. The van der Waals surface area contributed by atoms with E-state index in [9.17, 15) is 9.59 Å². The highest BCUT2D eigenvalue weighted by molar-refractivity contribution is 5.81. The molecule has 7 nitrogen and oxygen atoms in total. The monoisotopic (exact) mass is 423 g/mol. The molecular weight excluding hydrogens is 402 g/mol. The van der Waals surface area contributed by atoms with Crippen LogP contribution >= 0.6 is 0 Å². The van der Waals surface area contributed by atoms with Crippen molar-refractivity contribution in [3.63, 3.8) is 0 Å². The lowest BCUT2D eigenvalue weighted by atomic mass is 10.1. The van der Waals surface area contributed by atoms with Crippen molar-refractivity contribution in [2.45, 2.75) is 19.6 Å². The molecule has 0 saturated carbocycles. The molecule has 158 valence electrons. The van der Waals surface area contributed by atoms with Gasteiger partial charge in [-0.25, -0.2) is 9.67 Å². The second-order valence-electron chi connectivity index (χ2n) is 7.65. The molecule has 7 heteroatoms. The molecule has 1 amide bonds. The predicted octanol–water partition coefficient (Wildman–Crippen LogP) is 3.11. The van der Waals surface area contributed by atoms with Gasteiger partial charge in [0.25, 0.3) is 5.56 Å². The summed E-state index contributed by atoms with van der Waals surface area (Å²) in [6.07, 6.45) is 3.45. The van der Waals surface area contributed by atoms with Gasteiger partial charge in [0.05, 0.1) is 28.9 Å². The van der Waals surface area contributed by atoms with Gasteiger partial charge in [-0.2, -0.15) is 5.10 Å². The van der Waals surface area contributed by atoms with E-state index in [1.165, 1.54) is 4.68 Å². The fourth-order valence-electron chi connectivity index (χ4n) is 3.73. The first-order valence-electron chi connectivity index (χ1n) is 10.4. The lowest BCUT2D eigenvalue weighted by molar-refractivity contribution is -0.122. The highest BCUT2D eigenvalue weighted by Gasteiger charge is 2.08. The average Bonchev–Trinajstić information content (AvgIpc) is 3.23. The van der Waals surface area contributed by atoms with E-state index >= 15 is 0 Å². The zero-order valence-corrected chi connectivity index (χ0v) is 17.3. The summed E-state index contributed by atoms with van der Waals surface area (Å²) in [5.41, 5.74) is 3.94. The number of imidazole rings is 1. The van der Waals surface area contributed by atoms with Gasteiger partial charge in [0.2, 0.25) is 5.91 Å². The molecule has 0 atom stereocenters. The number of nitrogens with zero attached hydrogens (tertiary/aromatic N) is 4. The highest BCUT2D eigenvalue weighted by Crippen LogP contribution is 2.14. The van der Waals surface area contributed by atoms with E-state index in [-0.39, 0.29) is 18.0 Å². The molecule has 0 radical (unpaired) electrons. The summed E-state index contributed by atoms with van der Waals surface area (Å²) in [6, 6.07) is 23.3. The fraction of sp³-hybridized carbons (Fsp3) is 0.120. The molecule has 0 aliphatic rings. The molecule has 5 rings (SSSR count). The maximum atomic E-state index is 12.5. The second kappa shape index (κ2) is 8.47. The van der Waals surface area contributed by atoms with Crippen LogP contribution in [0.3, 0.4) is 0 Å². The van der Waals surface area contributed by atoms with Gasteiger partial charge in [-0.05, 0) is 29.3 Å². The van der Waals surface area contributed by atoms with E-state index in [1.54, 1.807) is 18.3 Å². The predicted molar refractivity (Wildman–Crippen MR) is 123 cm³/mol. The summed E-state index contributed by atoms with van der Waals surface area (Å²) in [5, 5.41) is 8.28. The molecule has 0 aliphatic carbocycles. The highest BCUT2D eigenvalue weighted by atomic mass is 16.2. The molecule has 0 fully saturated rings. The molecule has 0 spiro atoms. The van der Waals surface area contributed by atoms with Crippen molar-refractivity contribution >= 4 is 27.7 Å². The lowest BCUT2D eigenvalue weighted by Crippen LogP contribution is -2.33.